The van der Waals surface area contributed by atoms with Crippen LogP contribution in [0.1, 0.15) is 24.0 Å². The molecular formula is C22H23Cl2N3OS2. The molecule has 30 heavy (non-hydrogen) atoms. The molecule has 1 N–H and O–H groups in total. The van der Waals surface area contributed by atoms with Crippen molar-refractivity contribution in [1.82, 2.24) is 15.2 Å². The zero-order valence-corrected chi connectivity index (χ0v) is 19.8. The van der Waals surface area contributed by atoms with Gasteiger partial charge in [0.05, 0.1) is 26.0 Å². The summed E-state index contributed by atoms with van der Waals surface area (Å²) in [6, 6.07) is 12.3. The van der Waals surface area contributed by atoms with Gasteiger partial charge in [-0.15, -0.1) is 11.3 Å². The highest BCUT2D eigenvalue weighted by Crippen LogP contribution is 2.30. The summed E-state index contributed by atoms with van der Waals surface area (Å²) in [5.74, 6) is 0.487. The molecule has 1 amide bonds. The van der Waals surface area contributed by atoms with Crippen LogP contribution >= 0.6 is 46.3 Å². The summed E-state index contributed by atoms with van der Waals surface area (Å²) in [4.78, 5) is 19.4. The van der Waals surface area contributed by atoms with Crippen molar-refractivity contribution in [3.63, 3.8) is 0 Å². The second kappa shape index (κ2) is 9.88. The number of nitrogens with zero attached hydrogens (tertiary/aromatic N) is 2. The zero-order valence-electron chi connectivity index (χ0n) is 16.7. The van der Waals surface area contributed by atoms with E-state index in [4.69, 9.17) is 23.2 Å². The van der Waals surface area contributed by atoms with E-state index in [0.29, 0.717) is 15.8 Å². The second-order valence-corrected chi connectivity index (χ2v) is 10.7. The number of fused-ring (bicyclic) bond motifs is 1. The quantitative estimate of drug-likeness (QED) is 0.454. The third kappa shape index (κ3) is 5.68. The van der Waals surface area contributed by atoms with Crippen molar-refractivity contribution in [2.45, 2.75) is 36.7 Å². The van der Waals surface area contributed by atoms with Gasteiger partial charge in [0.1, 0.15) is 0 Å². The number of thioether (sulfide) groups is 1. The zero-order chi connectivity index (χ0) is 21.1. The van der Waals surface area contributed by atoms with E-state index in [-0.39, 0.29) is 11.9 Å². The van der Waals surface area contributed by atoms with Gasteiger partial charge in [0.25, 0.3) is 0 Å². The molecular weight excluding hydrogens is 457 g/mol. The fraction of sp³-hybridized carbons (Fsp3) is 0.364. The van der Waals surface area contributed by atoms with Crippen molar-refractivity contribution in [3.8, 4) is 0 Å². The van der Waals surface area contributed by atoms with Crippen LogP contribution in [0.15, 0.2) is 40.7 Å². The highest BCUT2D eigenvalue weighted by atomic mass is 35.5. The van der Waals surface area contributed by atoms with E-state index in [0.717, 1.165) is 47.9 Å². The highest BCUT2D eigenvalue weighted by molar-refractivity contribution is 8.01. The Bertz CT molecular complexity index is 1050. The number of aromatic nitrogens is 1. The number of benzene rings is 2. The van der Waals surface area contributed by atoms with E-state index < -0.39 is 0 Å². The van der Waals surface area contributed by atoms with E-state index in [9.17, 15) is 4.79 Å². The van der Waals surface area contributed by atoms with Gasteiger partial charge in [-0.25, -0.2) is 4.98 Å². The van der Waals surface area contributed by atoms with Crippen LogP contribution in [0.4, 0.5) is 0 Å². The fourth-order valence-electron chi connectivity index (χ4n) is 3.60. The van der Waals surface area contributed by atoms with Crippen LogP contribution in [-0.2, 0) is 11.3 Å². The van der Waals surface area contributed by atoms with Crippen LogP contribution in [0, 0.1) is 6.92 Å². The van der Waals surface area contributed by atoms with Gasteiger partial charge in [-0.1, -0.05) is 47.1 Å². The number of likely N-dealkylation sites (tertiary alicyclic amines) is 1. The summed E-state index contributed by atoms with van der Waals surface area (Å²) < 4.78 is 2.12. The molecule has 0 atom stereocenters. The molecule has 4 rings (SSSR count). The van der Waals surface area contributed by atoms with Gasteiger partial charge < -0.3 is 5.32 Å². The largest absolute Gasteiger partial charge is 0.353 e. The molecule has 2 heterocycles. The lowest BCUT2D eigenvalue weighted by molar-refractivity contribution is -0.119. The van der Waals surface area contributed by atoms with Gasteiger partial charge in [0, 0.05) is 25.7 Å². The molecule has 0 bridgehead atoms. The Kier molecular flexibility index (Phi) is 7.21. The maximum Gasteiger partial charge on any atom is 0.230 e. The third-order valence-electron chi connectivity index (χ3n) is 5.19. The molecule has 0 unspecified atom stereocenters. The van der Waals surface area contributed by atoms with Gasteiger partial charge in [-0.3, -0.25) is 9.69 Å². The molecule has 0 spiro atoms. The number of halogens is 2. The number of aryl methyl sites for hydroxylation is 1. The lowest BCUT2D eigenvalue weighted by atomic mass is 10.0. The molecule has 0 aliphatic carbocycles. The van der Waals surface area contributed by atoms with Crippen molar-refractivity contribution in [2.75, 3.05) is 18.8 Å². The Morgan fingerprint density at radius 3 is 2.77 bits per heavy atom. The highest BCUT2D eigenvalue weighted by Gasteiger charge is 2.21. The molecule has 0 radical (unpaired) electrons. The van der Waals surface area contributed by atoms with E-state index in [1.807, 2.05) is 24.3 Å². The summed E-state index contributed by atoms with van der Waals surface area (Å²) in [5.41, 5.74) is 3.39. The second-order valence-electron chi connectivity index (χ2n) is 7.61. The Balaban J connectivity index is 1.21. The predicted octanol–water partition coefficient (Wildman–Crippen LogP) is 5.78. The molecule has 3 aromatic rings. The average molecular weight is 480 g/mol. The SMILES string of the molecule is Cc1ccc2nc(SCC(=O)NC3CCN(Cc4ccc(Cl)c(Cl)c4)CC3)sc2c1. The van der Waals surface area contributed by atoms with E-state index in [1.165, 1.54) is 22.0 Å². The van der Waals surface area contributed by atoms with Crippen LogP contribution in [0.3, 0.4) is 0 Å². The number of hydrogen-bond acceptors (Lipinski definition) is 5. The summed E-state index contributed by atoms with van der Waals surface area (Å²) in [6.45, 7) is 4.84. The Morgan fingerprint density at radius 2 is 2.00 bits per heavy atom. The lowest BCUT2D eigenvalue weighted by Gasteiger charge is -2.32. The first kappa shape index (κ1) is 21.9. The van der Waals surface area contributed by atoms with Gasteiger partial charge in [-0.05, 0) is 55.2 Å². The van der Waals surface area contributed by atoms with Crippen LogP contribution in [0.25, 0.3) is 10.2 Å². The van der Waals surface area contributed by atoms with Gasteiger partial charge >= 0.3 is 0 Å². The number of carbonyl (C=O) groups excluding carboxylic acids is 1. The molecule has 1 saturated heterocycles. The van der Waals surface area contributed by atoms with Crippen LogP contribution in [-0.4, -0.2) is 40.7 Å². The molecule has 158 valence electrons. The summed E-state index contributed by atoms with van der Waals surface area (Å²) in [7, 11) is 0. The average Bonchev–Trinajstić information content (AvgIpc) is 3.13. The molecule has 1 aliphatic heterocycles. The van der Waals surface area contributed by atoms with Crippen molar-refractivity contribution in [2.24, 2.45) is 0 Å². The van der Waals surface area contributed by atoms with E-state index in [1.54, 1.807) is 11.3 Å². The minimum atomic E-state index is 0.0818. The molecule has 0 saturated carbocycles. The topological polar surface area (TPSA) is 45.2 Å². The fourth-order valence-corrected chi connectivity index (χ4v) is 5.90. The van der Waals surface area contributed by atoms with Gasteiger partial charge in [0.2, 0.25) is 5.91 Å². The van der Waals surface area contributed by atoms with Gasteiger partial charge in [0.15, 0.2) is 4.34 Å². The number of piperidine rings is 1. The molecule has 2 aromatic carbocycles. The molecule has 1 aliphatic rings. The first-order chi connectivity index (χ1) is 14.5. The Labute approximate surface area is 195 Å². The Morgan fingerprint density at radius 1 is 1.20 bits per heavy atom. The van der Waals surface area contributed by atoms with Crippen molar-refractivity contribution in [3.05, 3.63) is 57.6 Å². The standard InChI is InChI=1S/C22H23Cl2N3OS2/c1-14-2-5-19-20(10-14)30-22(26-19)29-13-21(28)25-16-6-8-27(9-7-16)12-15-3-4-17(23)18(24)11-15/h2-5,10-11,16H,6-9,12-13H2,1H3,(H,25,28). The molecule has 8 heteroatoms. The molecule has 1 fully saturated rings. The van der Waals surface area contributed by atoms with Crippen LogP contribution < -0.4 is 5.32 Å². The van der Waals surface area contributed by atoms with Crippen LogP contribution in [0.5, 0.6) is 0 Å². The monoisotopic (exact) mass is 479 g/mol. The lowest BCUT2D eigenvalue weighted by Crippen LogP contribution is -2.44. The number of rotatable bonds is 6. The molecule has 1 aromatic heterocycles. The first-order valence-corrected chi connectivity index (χ1v) is 12.5. The summed E-state index contributed by atoms with van der Waals surface area (Å²) in [6.07, 6.45) is 1.91. The van der Waals surface area contributed by atoms with E-state index >= 15 is 0 Å². The van der Waals surface area contributed by atoms with Gasteiger partial charge in [-0.2, -0.15) is 0 Å². The first-order valence-electron chi connectivity index (χ1n) is 9.92. The normalized spacial score (nSPS) is 15.6. The number of nitrogens with one attached hydrogen (secondary N) is 1. The smallest absolute Gasteiger partial charge is 0.230 e. The predicted molar refractivity (Wildman–Crippen MR) is 128 cm³/mol. The van der Waals surface area contributed by atoms with E-state index in [2.05, 4.69) is 34.3 Å². The number of thiazole rings is 1. The number of hydrogen-bond donors (Lipinski definition) is 1. The van der Waals surface area contributed by atoms with Crippen molar-refractivity contribution < 1.29 is 4.79 Å². The van der Waals surface area contributed by atoms with Crippen molar-refractivity contribution in [1.29, 1.82) is 0 Å². The van der Waals surface area contributed by atoms with Crippen LogP contribution in [0.2, 0.25) is 10.0 Å². The van der Waals surface area contributed by atoms with Crippen molar-refractivity contribution >= 4 is 62.4 Å². The minimum Gasteiger partial charge on any atom is -0.353 e. The summed E-state index contributed by atoms with van der Waals surface area (Å²) in [5, 5.41) is 4.36. The maximum absolute atomic E-state index is 12.4. The minimum absolute atomic E-state index is 0.0818. The number of amides is 1. The molecule has 4 nitrogen and oxygen atoms in total. The number of carbonyl (C=O) groups is 1. The Hall–Kier alpha value is -1.31. The summed E-state index contributed by atoms with van der Waals surface area (Å²) >= 11 is 15.3. The third-order valence-corrected chi connectivity index (χ3v) is 8.09. The maximum atomic E-state index is 12.4.